The molecule has 21 heavy (non-hydrogen) atoms. The van der Waals surface area contributed by atoms with Crippen LogP contribution in [0.3, 0.4) is 0 Å². The summed E-state index contributed by atoms with van der Waals surface area (Å²) in [5.74, 6) is -3.06. The van der Waals surface area contributed by atoms with Gasteiger partial charge in [-0.3, -0.25) is 10.1 Å². The zero-order valence-corrected chi connectivity index (χ0v) is 11.4. The third-order valence-corrected chi connectivity index (χ3v) is 4.15. The predicted octanol–water partition coefficient (Wildman–Crippen LogP) is 2.47. The van der Waals surface area contributed by atoms with Crippen molar-refractivity contribution in [3.63, 3.8) is 0 Å². The Kier molecular flexibility index (Phi) is 3.57. The second-order valence-electron chi connectivity index (χ2n) is 5.84. The highest BCUT2D eigenvalue weighted by Crippen LogP contribution is 2.36. The molecule has 2 unspecified atom stereocenters. The van der Waals surface area contributed by atoms with Crippen LogP contribution in [-0.4, -0.2) is 28.8 Å². The van der Waals surface area contributed by atoms with Gasteiger partial charge in [0.1, 0.15) is 11.6 Å². The van der Waals surface area contributed by atoms with Crippen molar-refractivity contribution in [2.45, 2.75) is 49.8 Å². The summed E-state index contributed by atoms with van der Waals surface area (Å²) in [6.07, 6.45) is 2.73. The minimum Gasteiger partial charge on any atom is -0.487 e. The number of ether oxygens (including phenoxy) is 1. The van der Waals surface area contributed by atoms with Crippen molar-refractivity contribution in [1.29, 1.82) is 0 Å². The molecule has 4 nitrogen and oxygen atoms in total. The Balaban J connectivity index is 1.70. The van der Waals surface area contributed by atoms with Crippen LogP contribution < -0.4 is 10.1 Å². The average Bonchev–Trinajstić information content (AvgIpc) is 3.15. The first-order valence-electron chi connectivity index (χ1n) is 7.12. The Morgan fingerprint density at radius 3 is 2.76 bits per heavy atom. The highest BCUT2D eigenvalue weighted by molar-refractivity contribution is 5.79. The van der Waals surface area contributed by atoms with E-state index in [4.69, 9.17) is 4.74 Å². The third-order valence-electron chi connectivity index (χ3n) is 4.15. The smallest absolute Gasteiger partial charge is 0.324 e. The van der Waals surface area contributed by atoms with Crippen LogP contribution in [0, 0.1) is 11.6 Å². The average molecular weight is 297 g/mol. The molecule has 0 heterocycles. The van der Waals surface area contributed by atoms with Gasteiger partial charge in [-0.1, -0.05) is 6.07 Å². The number of benzene rings is 1. The first kappa shape index (κ1) is 14.3. The Labute approximate surface area is 121 Å². The topological polar surface area (TPSA) is 58.6 Å². The summed E-state index contributed by atoms with van der Waals surface area (Å²) in [6.45, 7) is 0. The minimum absolute atomic E-state index is 0.160. The van der Waals surface area contributed by atoms with Gasteiger partial charge in [0.05, 0.1) is 0 Å². The van der Waals surface area contributed by atoms with Crippen LogP contribution in [0.5, 0.6) is 5.75 Å². The minimum atomic E-state index is -1.03. The van der Waals surface area contributed by atoms with Crippen LogP contribution in [0.2, 0.25) is 0 Å². The SMILES string of the molecule is O=C(O)C1(NC2CC2)CCC(Oc2cccc(F)c2F)C1. The first-order chi connectivity index (χ1) is 10.00. The molecule has 2 saturated carbocycles. The molecular formula is C15H17F2NO3. The molecule has 0 aliphatic heterocycles. The van der Waals surface area contributed by atoms with Gasteiger partial charge >= 0.3 is 5.97 Å². The number of carboxylic acids is 1. The van der Waals surface area contributed by atoms with Crippen molar-refractivity contribution in [3.8, 4) is 5.75 Å². The Hall–Kier alpha value is -1.69. The van der Waals surface area contributed by atoms with Gasteiger partial charge in [-0.2, -0.15) is 4.39 Å². The maximum atomic E-state index is 13.6. The lowest BCUT2D eigenvalue weighted by Gasteiger charge is -2.26. The number of halogens is 2. The number of carbonyl (C=O) groups is 1. The van der Waals surface area contributed by atoms with Crippen molar-refractivity contribution in [2.75, 3.05) is 0 Å². The first-order valence-corrected chi connectivity index (χ1v) is 7.12. The zero-order valence-electron chi connectivity index (χ0n) is 11.4. The van der Waals surface area contributed by atoms with Crippen molar-refractivity contribution >= 4 is 5.97 Å². The lowest BCUT2D eigenvalue weighted by atomic mass is 9.97. The van der Waals surface area contributed by atoms with E-state index < -0.39 is 29.2 Å². The fraction of sp³-hybridized carbons (Fsp3) is 0.533. The van der Waals surface area contributed by atoms with E-state index in [1.807, 2.05) is 0 Å². The molecule has 114 valence electrons. The zero-order chi connectivity index (χ0) is 15.0. The summed E-state index contributed by atoms with van der Waals surface area (Å²) in [5, 5.41) is 12.6. The Bertz CT molecular complexity index is 562. The molecule has 1 aromatic rings. The van der Waals surface area contributed by atoms with Crippen molar-refractivity contribution in [3.05, 3.63) is 29.8 Å². The molecule has 2 atom stereocenters. The lowest BCUT2D eigenvalue weighted by molar-refractivity contribution is -0.145. The van der Waals surface area contributed by atoms with Gasteiger partial charge in [0.25, 0.3) is 0 Å². The van der Waals surface area contributed by atoms with Gasteiger partial charge in [0.15, 0.2) is 11.6 Å². The van der Waals surface area contributed by atoms with E-state index in [2.05, 4.69) is 5.32 Å². The monoisotopic (exact) mass is 297 g/mol. The Morgan fingerprint density at radius 1 is 1.33 bits per heavy atom. The number of aliphatic carboxylic acids is 1. The van der Waals surface area contributed by atoms with E-state index in [0.29, 0.717) is 12.8 Å². The van der Waals surface area contributed by atoms with Crippen LogP contribution >= 0.6 is 0 Å². The number of hydrogen-bond acceptors (Lipinski definition) is 3. The number of carboxylic acid groups (broad SMARTS) is 1. The summed E-state index contributed by atoms with van der Waals surface area (Å²) >= 11 is 0. The van der Waals surface area contributed by atoms with Crippen LogP contribution in [0.4, 0.5) is 8.78 Å². The lowest BCUT2D eigenvalue weighted by Crippen LogP contribution is -2.51. The molecule has 6 heteroatoms. The van der Waals surface area contributed by atoms with Crippen molar-refractivity contribution in [2.24, 2.45) is 0 Å². The molecule has 2 aliphatic carbocycles. The summed E-state index contributed by atoms with van der Waals surface area (Å²) in [6, 6.07) is 4.00. The molecule has 2 aliphatic rings. The molecular weight excluding hydrogens is 280 g/mol. The molecule has 0 saturated heterocycles. The normalized spacial score (nSPS) is 28.6. The predicted molar refractivity (Wildman–Crippen MR) is 71.1 cm³/mol. The van der Waals surface area contributed by atoms with Gasteiger partial charge in [-0.15, -0.1) is 0 Å². The van der Waals surface area contributed by atoms with Crippen LogP contribution in [0.25, 0.3) is 0 Å². The molecule has 0 aromatic heterocycles. The van der Waals surface area contributed by atoms with Gasteiger partial charge in [-0.05, 0) is 37.8 Å². The van der Waals surface area contributed by atoms with Crippen molar-refractivity contribution in [1.82, 2.24) is 5.32 Å². The molecule has 2 fully saturated rings. The second-order valence-corrected chi connectivity index (χ2v) is 5.84. The summed E-state index contributed by atoms with van der Waals surface area (Å²) in [5.41, 5.74) is -1.00. The van der Waals surface area contributed by atoms with E-state index in [0.717, 1.165) is 18.9 Å². The van der Waals surface area contributed by atoms with Crippen molar-refractivity contribution < 1.29 is 23.4 Å². The molecule has 3 rings (SSSR count). The molecule has 0 spiro atoms. The van der Waals surface area contributed by atoms with Gasteiger partial charge in [0.2, 0.25) is 5.82 Å². The van der Waals surface area contributed by atoms with Crippen LogP contribution in [0.15, 0.2) is 18.2 Å². The highest BCUT2D eigenvalue weighted by Gasteiger charge is 2.49. The summed E-state index contributed by atoms with van der Waals surface area (Å²) < 4.78 is 32.2. The summed E-state index contributed by atoms with van der Waals surface area (Å²) in [4.78, 5) is 11.6. The number of rotatable bonds is 5. The Morgan fingerprint density at radius 2 is 2.10 bits per heavy atom. The molecule has 0 radical (unpaired) electrons. The second kappa shape index (κ2) is 5.26. The van der Waals surface area contributed by atoms with E-state index in [1.54, 1.807) is 0 Å². The van der Waals surface area contributed by atoms with E-state index in [-0.39, 0.29) is 18.2 Å². The fourth-order valence-corrected chi connectivity index (χ4v) is 2.86. The van der Waals surface area contributed by atoms with Gasteiger partial charge in [0, 0.05) is 12.5 Å². The van der Waals surface area contributed by atoms with E-state index in [9.17, 15) is 18.7 Å². The largest absolute Gasteiger partial charge is 0.487 e. The van der Waals surface area contributed by atoms with Crippen LogP contribution in [-0.2, 0) is 4.79 Å². The van der Waals surface area contributed by atoms with Gasteiger partial charge < -0.3 is 9.84 Å². The van der Waals surface area contributed by atoms with E-state index >= 15 is 0 Å². The number of nitrogens with one attached hydrogen (secondary N) is 1. The molecule has 1 aromatic carbocycles. The molecule has 0 bridgehead atoms. The maximum absolute atomic E-state index is 13.6. The highest BCUT2D eigenvalue weighted by atomic mass is 19.2. The third kappa shape index (κ3) is 2.85. The standard InChI is InChI=1S/C15H17F2NO3/c16-11-2-1-3-12(13(11)17)21-10-6-7-15(8-10,14(19)20)18-9-4-5-9/h1-3,9-10,18H,4-8H2,(H,19,20). The van der Waals surface area contributed by atoms with E-state index in [1.165, 1.54) is 12.1 Å². The fourth-order valence-electron chi connectivity index (χ4n) is 2.86. The summed E-state index contributed by atoms with van der Waals surface area (Å²) in [7, 11) is 0. The number of hydrogen-bond donors (Lipinski definition) is 2. The molecule has 2 N–H and O–H groups in total. The quantitative estimate of drug-likeness (QED) is 0.876. The van der Waals surface area contributed by atoms with Crippen LogP contribution in [0.1, 0.15) is 32.1 Å². The maximum Gasteiger partial charge on any atom is 0.324 e. The molecule has 0 amide bonds. The van der Waals surface area contributed by atoms with Gasteiger partial charge in [-0.25, -0.2) is 4.39 Å².